The van der Waals surface area contributed by atoms with Gasteiger partial charge in [0.1, 0.15) is 6.61 Å². The first-order chi connectivity index (χ1) is 12.8. The first-order valence-corrected chi connectivity index (χ1v) is 8.09. The lowest BCUT2D eigenvalue weighted by Gasteiger charge is -2.24. The van der Waals surface area contributed by atoms with E-state index in [9.17, 15) is 4.79 Å². The molecule has 0 fully saturated rings. The van der Waals surface area contributed by atoms with Gasteiger partial charge in [0.15, 0.2) is 11.5 Å². The molecule has 1 aromatic heterocycles. The molecule has 0 saturated carbocycles. The highest BCUT2D eigenvalue weighted by Gasteiger charge is 2.26. The Hall–Kier alpha value is -3.61. The van der Waals surface area contributed by atoms with Crippen molar-refractivity contribution in [2.45, 2.75) is 6.10 Å². The second-order valence-electron chi connectivity index (χ2n) is 5.66. The van der Waals surface area contributed by atoms with Gasteiger partial charge in [-0.2, -0.15) is 5.10 Å². The summed E-state index contributed by atoms with van der Waals surface area (Å²) in [7, 11) is 0. The van der Waals surface area contributed by atoms with Crippen LogP contribution in [0.15, 0.2) is 72.4 Å². The number of hydrogen-bond acceptors (Lipinski definition) is 5. The lowest BCUT2D eigenvalue weighted by molar-refractivity contribution is -0.130. The molecule has 3 aromatic rings. The van der Waals surface area contributed by atoms with Gasteiger partial charge in [0.25, 0.3) is 5.91 Å². The Morgan fingerprint density at radius 1 is 1.19 bits per heavy atom. The van der Waals surface area contributed by atoms with Crippen LogP contribution in [-0.4, -0.2) is 34.4 Å². The third-order valence-electron chi connectivity index (χ3n) is 3.89. The van der Waals surface area contributed by atoms with Crippen LogP contribution in [0, 0.1) is 0 Å². The summed E-state index contributed by atoms with van der Waals surface area (Å²) in [6.07, 6.45) is 6.17. The standard InChI is InChI=1S/C19H16N4O3/c24-19(18-12-25-16-3-1-2-4-17(16)26-18)22-21-11-14-5-7-15(8-6-14)23-10-9-20-13-23/h1-11,13,18H,12H2,(H,22,24)/t18-/m1/s1. The Bertz CT molecular complexity index is 920. The number of aromatic nitrogens is 2. The van der Waals surface area contributed by atoms with Crippen molar-refractivity contribution in [1.82, 2.24) is 15.0 Å². The van der Waals surface area contributed by atoms with Crippen molar-refractivity contribution >= 4 is 12.1 Å². The normalized spacial score (nSPS) is 15.8. The molecule has 1 amide bonds. The van der Waals surface area contributed by atoms with E-state index in [-0.39, 0.29) is 12.5 Å². The Morgan fingerprint density at radius 2 is 2.00 bits per heavy atom. The number of hydrazone groups is 1. The maximum absolute atomic E-state index is 12.2. The summed E-state index contributed by atoms with van der Waals surface area (Å²) in [5.41, 5.74) is 4.34. The van der Waals surface area contributed by atoms with E-state index in [0.717, 1.165) is 11.3 Å². The minimum atomic E-state index is -0.731. The largest absolute Gasteiger partial charge is 0.485 e. The van der Waals surface area contributed by atoms with Crippen LogP contribution in [-0.2, 0) is 4.79 Å². The molecule has 0 unspecified atom stereocenters. The molecule has 0 bridgehead atoms. The van der Waals surface area contributed by atoms with Crippen molar-refractivity contribution in [2.24, 2.45) is 5.10 Å². The molecule has 7 nitrogen and oxygen atoms in total. The number of amides is 1. The van der Waals surface area contributed by atoms with Gasteiger partial charge < -0.3 is 14.0 Å². The fourth-order valence-corrected chi connectivity index (χ4v) is 2.54. The second kappa shape index (κ2) is 7.10. The van der Waals surface area contributed by atoms with Crippen LogP contribution in [0.1, 0.15) is 5.56 Å². The molecule has 2 heterocycles. The fourth-order valence-electron chi connectivity index (χ4n) is 2.54. The van der Waals surface area contributed by atoms with E-state index < -0.39 is 6.10 Å². The zero-order chi connectivity index (χ0) is 17.8. The van der Waals surface area contributed by atoms with Crippen molar-refractivity contribution in [3.63, 3.8) is 0 Å². The average Bonchev–Trinajstić information content (AvgIpc) is 3.23. The van der Waals surface area contributed by atoms with E-state index in [1.807, 2.05) is 47.2 Å². The van der Waals surface area contributed by atoms with Gasteiger partial charge in [-0.15, -0.1) is 0 Å². The van der Waals surface area contributed by atoms with Crippen molar-refractivity contribution in [1.29, 1.82) is 0 Å². The zero-order valence-corrected chi connectivity index (χ0v) is 13.8. The molecular formula is C19H16N4O3. The number of fused-ring (bicyclic) bond motifs is 1. The van der Waals surface area contributed by atoms with Crippen LogP contribution in [0.5, 0.6) is 11.5 Å². The first kappa shape index (κ1) is 15.9. The molecule has 0 saturated heterocycles. The second-order valence-corrected chi connectivity index (χ2v) is 5.66. The predicted octanol–water partition coefficient (Wildman–Crippen LogP) is 2.16. The maximum Gasteiger partial charge on any atom is 0.284 e. The van der Waals surface area contributed by atoms with Crippen LogP contribution in [0.4, 0.5) is 0 Å². The minimum Gasteiger partial charge on any atom is -0.485 e. The molecule has 4 rings (SSSR count). The van der Waals surface area contributed by atoms with Crippen molar-refractivity contribution < 1.29 is 14.3 Å². The Balaban J connectivity index is 1.34. The minimum absolute atomic E-state index is 0.151. The number of nitrogens with one attached hydrogen (secondary N) is 1. The van der Waals surface area contributed by atoms with E-state index in [0.29, 0.717) is 11.5 Å². The van der Waals surface area contributed by atoms with E-state index in [4.69, 9.17) is 9.47 Å². The van der Waals surface area contributed by atoms with E-state index >= 15 is 0 Å². The van der Waals surface area contributed by atoms with Gasteiger partial charge in [0.2, 0.25) is 6.10 Å². The van der Waals surface area contributed by atoms with Gasteiger partial charge >= 0.3 is 0 Å². The molecule has 2 aromatic carbocycles. The number of carbonyl (C=O) groups is 1. The van der Waals surface area contributed by atoms with Crippen LogP contribution in [0.3, 0.4) is 0 Å². The summed E-state index contributed by atoms with van der Waals surface area (Å²) in [5.74, 6) is 0.835. The molecule has 7 heteroatoms. The predicted molar refractivity (Wildman–Crippen MR) is 95.7 cm³/mol. The summed E-state index contributed by atoms with van der Waals surface area (Å²) in [6.45, 7) is 0.151. The first-order valence-electron chi connectivity index (χ1n) is 8.09. The van der Waals surface area contributed by atoms with Crippen LogP contribution < -0.4 is 14.9 Å². The number of benzene rings is 2. The van der Waals surface area contributed by atoms with Crippen molar-refractivity contribution in [3.8, 4) is 17.2 Å². The maximum atomic E-state index is 12.2. The number of ether oxygens (including phenoxy) is 2. The SMILES string of the molecule is O=C(NN=Cc1ccc(-n2ccnc2)cc1)[C@H]1COc2ccccc2O1. The average molecular weight is 348 g/mol. The molecule has 1 atom stereocenters. The molecule has 0 aliphatic carbocycles. The van der Waals surface area contributed by atoms with Gasteiger partial charge in [-0.1, -0.05) is 24.3 Å². The molecule has 1 aliphatic rings. The highest BCUT2D eigenvalue weighted by atomic mass is 16.6. The lowest BCUT2D eigenvalue weighted by atomic mass is 10.2. The summed E-state index contributed by atoms with van der Waals surface area (Å²) in [4.78, 5) is 16.2. The Labute approximate surface area is 149 Å². The highest BCUT2D eigenvalue weighted by molar-refractivity contribution is 5.85. The van der Waals surface area contributed by atoms with Crippen molar-refractivity contribution in [2.75, 3.05) is 6.61 Å². The van der Waals surface area contributed by atoms with Crippen LogP contribution in [0.25, 0.3) is 5.69 Å². The molecular weight excluding hydrogens is 332 g/mol. The van der Waals surface area contributed by atoms with Gasteiger partial charge in [0, 0.05) is 18.1 Å². The van der Waals surface area contributed by atoms with Crippen molar-refractivity contribution in [3.05, 3.63) is 72.8 Å². The lowest BCUT2D eigenvalue weighted by Crippen LogP contribution is -2.42. The smallest absolute Gasteiger partial charge is 0.284 e. The molecule has 130 valence electrons. The number of para-hydroxylation sites is 2. The molecule has 1 N–H and O–H groups in total. The number of nitrogens with zero attached hydrogens (tertiary/aromatic N) is 3. The van der Waals surface area contributed by atoms with Crippen LogP contribution in [0.2, 0.25) is 0 Å². The van der Waals surface area contributed by atoms with E-state index in [1.165, 1.54) is 0 Å². The third-order valence-corrected chi connectivity index (χ3v) is 3.89. The quantitative estimate of drug-likeness (QED) is 0.579. The molecule has 1 aliphatic heterocycles. The highest BCUT2D eigenvalue weighted by Crippen LogP contribution is 2.30. The summed E-state index contributed by atoms with van der Waals surface area (Å²) in [6, 6.07) is 14.9. The summed E-state index contributed by atoms with van der Waals surface area (Å²) < 4.78 is 13.1. The monoisotopic (exact) mass is 348 g/mol. The van der Waals surface area contributed by atoms with E-state index in [2.05, 4.69) is 15.5 Å². The number of imidazole rings is 1. The Kier molecular flexibility index (Phi) is 4.34. The Morgan fingerprint density at radius 3 is 2.77 bits per heavy atom. The summed E-state index contributed by atoms with van der Waals surface area (Å²) in [5, 5.41) is 3.99. The van der Waals surface area contributed by atoms with Gasteiger partial charge in [0.05, 0.1) is 12.5 Å². The molecule has 0 radical (unpaired) electrons. The third kappa shape index (κ3) is 3.41. The molecule has 0 spiro atoms. The van der Waals surface area contributed by atoms with Gasteiger partial charge in [-0.3, -0.25) is 4.79 Å². The number of hydrogen-bond donors (Lipinski definition) is 1. The number of rotatable bonds is 4. The zero-order valence-electron chi connectivity index (χ0n) is 13.8. The molecule has 26 heavy (non-hydrogen) atoms. The van der Waals surface area contributed by atoms with E-state index in [1.54, 1.807) is 30.9 Å². The fraction of sp³-hybridized carbons (Fsp3) is 0.105. The summed E-state index contributed by atoms with van der Waals surface area (Å²) >= 11 is 0. The number of carbonyl (C=O) groups excluding carboxylic acids is 1. The van der Waals surface area contributed by atoms with Crippen LogP contribution >= 0.6 is 0 Å². The van der Waals surface area contributed by atoms with Gasteiger partial charge in [-0.05, 0) is 29.8 Å². The van der Waals surface area contributed by atoms with Gasteiger partial charge in [-0.25, -0.2) is 10.4 Å². The topological polar surface area (TPSA) is 77.7 Å².